The molecule has 1 saturated carbocycles. The summed E-state index contributed by atoms with van der Waals surface area (Å²) in [6.07, 6.45) is 9.80. The van der Waals surface area contributed by atoms with Gasteiger partial charge in [-0.1, -0.05) is 12.8 Å². The van der Waals surface area contributed by atoms with E-state index in [4.69, 9.17) is 9.72 Å². The van der Waals surface area contributed by atoms with Gasteiger partial charge in [0.15, 0.2) is 0 Å². The number of fused-ring (bicyclic) bond motifs is 1. The quantitative estimate of drug-likeness (QED) is 0.325. The molecule has 38 heavy (non-hydrogen) atoms. The van der Waals surface area contributed by atoms with Crippen LogP contribution in [0.2, 0.25) is 0 Å². The lowest BCUT2D eigenvalue weighted by Gasteiger charge is -2.26. The molecule has 0 radical (unpaired) electrons. The highest BCUT2D eigenvalue weighted by Crippen LogP contribution is 2.34. The van der Waals surface area contributed by atoms with E-state index in [-0.39, 0.29) is 6.10 Å². The SMILES string of the molecule is CN(C)[C@H]1CCN(c2cc(-c3cc(Oc4ccc5nc(C[C@@H]6CCCC[C@H]6O)sc5c4)ccn3)ccn2)C1. The molecule has 198 valence electrons. The summed E-state index contributed by atoms with van der Waals surface area (Å²) in [7, 11) is 4.28. The zero-order chi connectivity index (χ0) is 26.1. The van der Waals surface area contributed by atoms with Crippen molar-refractivity contribution in [1.82, 2.24) is 19.9 Å². The van der Waals surface area contributed by atoms with E-state index in [0.29, 0.717) is 12.0 Å². The van der Waals surface area contributed by atoms with Gasteiger partial charge >= 0.3 is 0 Å². The number of aliphatic hydroxyl groups excluding tert-OH is 1. The van der Waals surface area contributed by atoms with Gasteiger partial charge in [-0.05, 0) is 69.6 Å². The van der Waals surface area contributed by atoms with E-state index in [1.165, 1.54) is 6.42 Å². The van der Waals surface area contributed by atoms with Crippen LogP contribution in [0.15, 0.2) is 54.9 Å². The van der Waals surface area contributed by atoms with Crippen molar-refractivity contribution >= 4 is 27.4 Å². The van der Waals surface area contributed by atoms with Gasteiger partial charge in [0.1, 0.15) is 17.3 Å². The van der Waals surface area contributed by atoms with E-state index in [1.807, 2.05) is 36.5 Å². The highest BCUT2D eigenvalue weighted by Gasteiger charge is 2.26. The van der Waals surface area contributed by atoms with E-state index in [2.05, 4.69) is 46.0 Å². The molecule has 0 bridgehead atoms. The minimum atomic E-state index is -0.197. The van der Waals surface area contributed by atoms with Gasteiger partial charge in [0.2, 0.25) is 0 Å². The Morgan fingerprint density at radius 3 is 2.68 bits per heavy atom. The van der Waals surface area contributed by atoms with Crippen LogP contribution in [0, 0.1) is 5.92 Å². The Labute approximate surface area is 228 Å². The Balaban J connectivity index is 1.17. The van der Waals surface area contributed by atoms with E-state index in [1.54, 1.807) is 17.5 Å². The topological polar surface area (TPSA) is 74.6 Å². The van der Waals surface area contributed by atoms with Crippen LogP contribution in [0.3, 0.4) is 0 Å². The van der Waals surface area contributed by atoms with Crippen molar-refractivity contribution in [3.8, 4) is 22.8 Å². The third kappa shape index (κ3) is 5.53. The number of aromatic nitrogens is 3. The zero-order valence-corrected chi connectivity index (χ0v) is 22.9. The number of thiazole rings is 1. The molecule has 1 aliphatic heterocycles. The van der Waals surface area contributed by atoms with E-state index in [9.17, 15) is 5.11 Å². The second kappa shape index (κ2) is 11.0. The van der Waals surface area contributed by atoms with Crippen molar-refractivity contribution < 1.29 is 9.84 Å². The van der Waals surface area contributed by atoms with Crippen LogP contribution in [0.25, 0.3) is 21.5 Å². The van der Waals surface area contributed by atoms with Crippen molar-refractivity contribution in [3.05, 3.63) is 59.9 Å². The summed E-state index contributed by atoms with van der Waals surface area (Å²) >= 11 is 1.70. The fraction of sp³-hybridized carbons (Fsp3) is 0.433. The van der Waals surface area contributed by atoms with Crippen LogP contribution in [-0.2, 0) is 6.42 Å². The summed E-state index contributed by atoms with van der Waals surface area (Å²) in [5, 5.41) is 11.5. The molecule has 1 N–H and O–H groups in total. The fourth-order valence-corrected chi connectivity index (χ4v) is 6.73. The number of likely N-dealkylation sites (N-methyl/N-ethyl adjacent to an activating group) is 1. The second-order valence-corrected chi connectivity index (χ2v) is 11.9. The number of hydrogen-bond acceptors (Lipinski definition) is 8. The van der Waals surface area contributed by atoms with Gasteiger partial charge in [-0.15, -0.1) is 11.3 Å². The lowest BCUT2D eigenvalue weighted by molar-refractivity contribution is 0.0700. The Hall–Kier alpha value is -3.07. The van der Waals surface area contributed by atoms with Crippen molar-refractivity contribution in [2.75, 3.05) is 32.1 Å². The minimum absolute atomic E-state index is 0.197. The van der Waals surface area contributed by atoms with Gasteiger partial charge in [-0.2, -0.15) is 0 Å². The van der Waals surface area contributed by atoms with Gasteiger partial charge < -0.3 is 19.6 Å². The van der Waals surface area contributed by atoms with E-state index in [0.717, 1.165) is 89.0 Å². The summed E-state index contributed by atoms with van der Waals surface area (Å²) in [4.78, 5) is 18.7. The smallest absolute Gasteiger partial charge is 0.131 e. The number of nitrogens with zero attached hydrogens (tertiary/aromatic N) is 5. The molecular formula is C30H35N5O2S. The minimum Gasteiger partial charge on any atom is -0.457 e. The molecule has 3 atom stereocenters. The van der Waals surface area contributed by atoms with Crippen LogP contribution in [0.1, 0.15) is 37.1 Å². The average molecular weight is 530 g/mol. The van der Waals surface area contributed by atoms with E-state index < -0.39 is 0 Å². The number of ether oxygens (including phenoxy) is 1. The van der Waals surface area contributed by atoms with Crippen molar-refractivity contribution in [2.24, 2.45) is 5.92 Å². The van der Waals surface area contributed by atoms with Crippen LogP contribution in [-0.4, -0.2) is 64.3 Å². The second-order valence-electron chi connectivity index (χ2n) is 10.8. The third-order valence-electron chi connectivity index (χ3n) is 7.94. The summed E-state index contributed by atoms with van der Waals surface area (Å²) in [5.74, 6) is 2.84. The first kappa shape index (κ1) is 25.2. The first-order chi connectivity index (χ1) is 18.5. The molecular weight excluding hydrogens is 494 g/mol. The van der Waals surface area contributed by atoms with Crippen LogP contribution < -0.4 is 9.64 Å². The van der Waals surface area contributed by atoms with Gasteiger partial charge in [0, 0.05) is 55.6 Å². The maximum absolute atomic E-state index is 10.4. The van der Waals surface area contributed by atoms with Crippen molar-refractivity contribution in [3.63, 3.8) is 0 Å². The third-order valence-corrected chi connectivity index (χ3v) is 8.98. The molecule has 2 aliphatic rings. The standard InChI is InChI=1S/C30H35N5O2S/c1-34(2)22-11-14-35(19-22)29-15-20(9-12-32-29)26-17-24(10-13-31-26)37-23-7-8-25-28(18-23)38-30(33-25)16-21-5-3-4-6-27(21)36/h7-10,12-13,15,17-18,21-22,27,36H,3-6,11,14,16,19H2,1-2H3/t21-,22-,27+/m0/s1. The predicted octanol–water partition coefficient (Wildman–Crippen LogP) is 5.78. The molecule has 6 rings (SSSR count). The highest BCUT2D eigenvalue weighted by molar-refractivity contribution is 7.18. The van der Waals surface area contributed by atoms with Crippen LogP contribution in [0.5, 0.6) is 11.5 Å². The Morgan fingerprint density at radius 2 is 1.84 bits per heavy atom. The molecule has 4 aromatic rings. The van der Waals surface area contributed by atoms with Crippen molar-refractivity contribution in [2.45, 2.75) is 50.7 Å². The lowest BCUT2D eigenvalue weighted by Crippen LogP contribution is -2.31. The summed E-state index contributed by atoms with van der Waals surface area (Å²) in [5.41, 5.74) is 2.88. The molecule has 0 amide bonds. The summed E-state index contributed by atoms with van der Waals surface area (Å²) < 4.78 is 7.37. The van der Waals surface area contributed by atoms with Gasteiger partial charge in [-0.25, -0.2) is 9.97 Å². The fourth-order valence-electron chi connectivity index (χ4n) is 5.64. The predicted molar refractivity (Wildman–Crippen MR) is 153 cm³/mol. The molecule has 1 aliphatic carbocycles. The van der Waals surface area contributed by atoms with Gasteiger partial charge in [0.25, 0.3) is 0 Å². The molecule has 0 spiro atoms. The van der Waals surface area contributed by atoms with Crippen molar-refractivity contribution in [1.29, 1.82) is 0 Å². The number of benzene rings is 1. The van der Waals surface area contributed by atoms with Gasteiger partial charge in [0.05, 0.1) is 27.0 Å². The largest absolute Gasteiger partial charge is 0.457 e. The Kier molecular flexibility index (Phi) is 7.28. The number of hydrogen-bond donors (Lipinski definition) is 1. The number of rotatable bonds is 7. The molecule has 2 fully saturated rings. The molecule has 7 nitrogen and oxygen atoms in total. The maximum Gasteiger partial charge on any atom is 0.131 e. The van der Waals surface area contributed by atoms with Gasteiger partial charge in [-0.3, -0.25) is 4.98 Å². The Bertz CT molecular complexity index is 1410. The first-order valence-corrected chi connectivity index (χ1v) is 14.4. The molecule has 1 saturated heterocycles. The molecule has 4 heterocycles. The highest BCUT2D eigenvalue weighted by atomic mass is 32.1. The lowest BCUT2D eigenvalue weighted by atomic mass is 9.84. The number of anilines is 1. The molecule has 1 aromatic carbocycles. The molecule has 0 unspecified atom stereocenters. The normalized spacial score (nSPS) is 21.9. The monoisotopic (exact) mass is 529 g/mol. The van der Waals surface area contributed by atoms with Crippen LogP contribution in [0.4, 0.5) is 5.82 Å². The average Bonchev–Trinajstić information content (AvgIpc) is 3.58. The summed E-state index contributed by atoms with van der Waals surface area (Å²) in [6, 6.07) is 14.6. The summed E-state index contributed by atoms with van der Waals surface area (Å²) in [6.45, 7) is 2.00. The Morgan fingerprint density at radius 1 is 1.00 bits per heavy atom. The number of aliphatic hydroxyl groups is 1. The zero-order valence-electron chi connectivity index (χ0n) is 22.1. The van der Waals surface area contributed by atoms with Crippen LogP contribution >= 0.6 is 11.3 Å². The number of pyridine rings is 2. The first-order valence-electron chi connectivity index (χ1n) is 13.6. The molecule has 3 aromatic heterocycles. The maximum atomic E-state index is 10.4. The molecule has 8 heteroatoms. The van der Waals surface area contributed by atoms with E-state index >= 15 is 0 Å².